The molecule has 0 heterocycles. The van der Waals surface area contributed by atoms with E-state index >= 15 is 0 Å². The smallest absolute Gasteiger partial charge is 0.267 e. The summed E-state index contributed by atoms with van der Waals surface area (Å²) in [5.74, 6) is -0.546. The molecule has 0 saturated carbocycles. The van der Waals surface area contributed by atoms with Gasteiger partial charge in [0.05, 0.1) is 16.6 Å². The van der Waals surface area contributed by atoms with E-state index in [1.165, 1.54) is 0 Å². The van der Waals surface area contributed by atoms with E-state index in [2.05, 4.69) is 19.3 Å². The van der Waals surface area contributed by atoms with Gasteiger partial charge in [-0.05, 0) is 51.0 Å². The summed E-state index contributed by atoms with van der Waals surface area (Å²) < 4.78 is 0. The molecule has 0 unspecified atom stereocenters. The van der Waals surface area contributed by atoms with Crippen LogP contribution in [0.4, 0.5) is 0 Å². The Hall–Kier alpha value is -2.33. The van der Waals surface area contributed by atoms with Crippen molar-refractivity contribution in [1.29, 1.82) is 0 Å². The second-order valence-corrected chi connectivity index (χ2v) is 8.32. The van der Waals surface area contributed by atoms with E-state index in [0.717, 1.165) is 49.7 Å². The van der Waals surface area contributed by atoms with Gasteiger partial charge in [0.15, 0.2) is 0 Å². The molecule has 0 fully saturated rings. The number of aryl methyl sites for hydroxylation is 2. The van der Waals surface area contributed by atoms with Crippen LogP contribution in [-0.2, 0) is 0 Å². The number of amides is 2. The number of halogens is 1. The summed E-state index contributed by atoms with van der Waals surface area (Å²) in [5.41, 5.74) is 5.89. The SMILES string of the molecule is CCCCC(CCCC)N(NC(=O)c1ccccc1Cl)C(=O)c1cc(C)cc(C)c1. The van der Waals surface area contributed by atoms with E-state index in [4.69, 9.17) is 11.6 Å². The van der Waals surface area contributed by atoms with Crippen LogP contribution < -0.4 is 5.43 Å². The number of hydrogen-bond acceptors (Lipinski definition) is 2. The third-order valence-electron chi connectivity index (χ3n) is 5.17. The number of nitrogens with one attached hydrogen (secondary N) is 1. The maximum atomic E-state index is 13.5. The average molecular weight is 429 g/mol. The number of benzene rings is 2. The zero-order valence-corrected chi connectivity index (χ0v) is 19.3. The van der Waals surface area contributed by atoms with Crippen LogP contribution >= 0.6 is 11.6 Å². The molecule has 4 nitrogen and oxygen atoms in total. The lowest BCUT2D eigenvalue weighted by atomic mass is 10.0. The van der Waals surface area contributed by atoms with Gasteiger partial charge in [0.1, 0.15) is 0 Å². The number of hydrazine groups is 1. The lowest BCUT2D eigenvalue weighted by Gasteiger charge is -2.32. The minimum absolute atomic E-state index is 0.0651. The molecule has 0 spiro atoms. The van der Waals surface area contributed by atoms with Gasteiger partial charge in [-0.25, -0.2) is 5.01 Å². The van der Waals surface area contributed by atoms with Gasteiger partial charge in [-0.3, -0.25) is 15.0 Å². The Morgan fingerprint density at radius 3 is 2.07 bits per heavy atom. The van der Waals surface area contributed by atoms with Crippen LogP contribution in [0, 0.1) is 13.8 Å². The van der Waals surface area contributed by atoms with Crippen molar-refractivity contribution in [3.63, 3.8) is 0 Å². The van der Waals surface area contributed by atoms with Crippen molar-refractivity contribution in [2.75, 3.05) is 0 Å². The van der Waals surface area contributed by atoms with Crippen molar-refractivity contribution in [2.45, 2.75) is 72.3 Å². The molecule has 0 aromatic heterocycles. The topological polar surface area (TPSA) is 49.4 Å². The molecule has 0 aliphatic carbocycles. The molecular formula is C25H33ClN2O2. The monoisotopic (exact) mass is 428 g/mol. The standard InChI is InChI=1S/C25H33ClN2O2/c1-5-7-11-21(12-8-6-2)28(25(30)20-16-18(3)15-19(4)17-20)27-24(29)22-13-9-10-14-23(22)26/h9-10,13-17,21H,5-8,11-12H2,1-4H3,(H,27,29). The molecule has 0 radical (unpaired) electrons. The van der Waals surface area contributed by atoms with Gasteiger partial charge in [0.2, 0.25) is 0 Å². The van der Waals surface area contributed by atoms with Crippen molar-refractivity contribution >= 4 is 23.4 Å². The van der Waals surface area contributed by atoms with Crippen LogP contribution in [-0.4, -0.2) is 22.9 Å². The molecule has 5 heteroatoms. The summed E-state index contributed by atoms with van der Waals surface area (Å²) in [6.45, 7) is 8.22. The quantitative estimate of drug-likeness (QED) is 0.464. The van der Waals surface area contributed by atoms with Crippen molar-refractivity contribution in [3.05, 3.63) is 69.7 Å². The summed E-state index contributed by atoms with van der Waals surface area (Å²) in [6.07, 6.45) is 5.74. The fourth-order valence-corrected chi connectivity index (χ4v) is 3.86. The highest BCUT2D eigenvalue weighted by Crippen LogP contribution is 2.20. The van der Waals surface area contributed by atoms with Crippen molar-refractivity contribution in [1.82, 2.24) is 10.4 Å². The summed E-state index contributed by atoms with van der Waals surface area (Å²) in [4.78, 5) is 26.6. The van der Waals surface area contributed by atoms with Gasteiger partial charge >= 0.3 is 0 Å². The number of rotatable bonds is 9. The van der Waals surface area contributed by atoms with E-state index in [-0.39, 0.29) is 17.9 Å². The molecule has 2 rings (SSSR count). The zero-order valence-electron chi connectivity index (χ0n) is 18.5. The molecule has 2 aromatic carbocycles. The lowest BCUT2D eigenvalue weighted by Crippen LogP contribution is -2.52. The largest absolute Gasteiger partial charge is 0.272 e. The molecule has 30 heavy (non-hydrogen) atoms. The molecule has 0 saturated heterocycles. The molecule has 1 N–H and O–H groups in total. The van der Waals surface area contributed by atoms with Gasteiger partial charge in [-0.1, -0.05) is 80.5 Å². The van der Waals surface area contributed by atoms with Gasteiger partial charge in [0, 0.05) is 5.56 Å². The first-order valence-electron chi connectivity index (χ1n) is 10.8. The summed E-state index contributed by atoms with van der Waals surface area (Å²) in [5, 5.41) is 1.91. The van der Waals surface area contributed by atoms with Crippen LogP contribution in [0.25, 0.3) is 0 Å². The van der Waals surface area contributed by atoms with Crippen LogP contribution in [0.1, 0.15) is 84.2 Å². The van der Waals surface area contributed by atoms with Crippen LogP contribution in [0.2, 0.25) is 5.02 Å². The number of carbonyl (C=O) groups is 2. The Morgan fingerprint density at radius 1 is 0.967 bits per heavy atom. The van der Waals surface area contributed by atoms with E-state index in [1.807, 2.05) is 32.0 Å². The second-order valence-electron chi connectivity index (χ2n) is 7.91. The molecule has 0 bridgehead atoms. The molecule has 2 amide bonds. The number of unbranched alkanes of at least 4 members (excludes halogenated alkanes) is 2. The Balaban J connectivity index is 2.40. The van der Waals surface area contributed by atoms with Crippen LogP contribution in [0.3, 0.4) is 0 Å². The zero-order chi connectivity index (χ0) is 22.1. The predicted octanol–water partition coefficient (Wildman–Crippen LogP) is 6.49. The summed E-state index contributed by atoms with van der Waals surface area (Å²) in [6, 6.07) is 12.6. The molecule has 162 valence electrons. The third kappa shape index (κ3) is 6.60. The highest BCUT2D eigenvalue weighted by atomic mass is 35.5. The highest BCUT2D eigenvalue weighted by Gasteiger charge is 2.27. The number of carbonyl (C=O) groups excluding carboxylic acids is 2. The Kier molecular flexibility index (Phi) is 9.38. The van der Waals surface area contributed by atoms with Gasteiger partial charge in [0.25, 0.3) is 11.8 Å². The van der Waals surface area contributed by atoms with Crippen LogP contribution in [0.5, 0.6) is 0 Å². The van der Waals surface area contributed by atoms with E-state index in [9.17, 15) is 9.59 Å². The molecule has 0 atom stereocenters. The van der Waals surface area contributed by atoms with Gasteiger partial charge in [-0.15, -0.1) is 0 Å². The Bertz CT molecular complexity index is 838. The normalized spacial score (nSPS) is 10.9. The van der Waals surface area contributed by atoms with E-state index in [0.29, 0.717) is 16.1 Å². The average Bonchev–Trinajstić information content (AvgIpc) is 2.71. The Labute approximate surface area is 185 Å². The molecule has 2 aromatic rings. The summed E-state index contributed by atoms with van der Waals surface area (Å²) >= 11 is 6.22. The molecule has 0 aliphatic heterocycles. The maximum Gasteiger partial charge on any atom is 0.272 e. The van der Waals surface area contributed by atoms with Crippen molar-refractivity contribution in [3.8, 4) is 0 Å². The Morgan fingerprint density at radius 2 is 1.53 bits per heavy atom. The fourth-order valence-electron chi connectivity index (χ4n) is 3.64. The van der Waals surface area contributed by atoms with Gasteiger partial charge in [-0.2, -0.15) is 0 Å². The predicted molar refractivity (Wildman–Crippen MR) is 124 cm³/mol. The second kappa shape index (κ2) is 11.8. The minimum Gasteiger partial charge on any atom is -0.267 e. The molecular weight excluding hydrogens is 396 g/mol. The number of nitrogens with zero attached hydrogens (tertiary/aromatic N) is 1. The number of hydrogen-bond donors (Lipinski definition) is 1. The third-order valence-corrected chi connectivity index (χ3v) is 5.50. The highest BCUT2D eigenvalue weighted by molar-refractivity contribution is 6.33. The minimum atomic E-state index is -0.365. The van der Waals surface area contributed by atoms with Crippen LogP contribution in [0.15, 0.2) is 42.5 Å². The first kappa shape index (κ1) is 23.9. The fraction of sp³-hybridized carbons (Fsp3) is 0.440. The molecule has 0 aliphatic rings. The van der Waals surface area contributed by atoms with E-state index < -0.39 is 0 Å². The van der Waals surface area contributed by atoms with Gasteiger partial charge < -0.3 is 0 Å². The maximum absolute atomic E-state index is 13.5. The van der Waals surface area contributed by atoms with Crippen molar-refractivity contribution < 1.29 is 9.59 Å². The van der Waals surface area contributed by atoms with E-state index in [1.54, 1.807) is 29.3 Å². The summed E-state index contributed by atoms with van der Waals surface area (Å²) in [7, 11) is 0. The first-order valence-corrected chi connectivity index (χ1v) is 11.2. The van der Waals surface area contributed by atoms with Crippen molar-refractivity contribution in [2.24, 2.45) is 0 Å². The lowest BCUT2D eigenvalue weighted by molar-refractivity contribution is 0.0450. The first-order chi connectivity index (χ1) is 14.4.